The lowest BCUT2D eigenvalue weighted by molar-refractivity contribution is -0.126. The summed E-state index contributed by atoms with van der Waals surface area (Å²) in [5.41, 5.74) is 1.49. The van der Waals surface area contributed by atoms with Crippen molar-refractivity contribution in [1.29, 1.82) is 0 Å². The molecule has 6 heteroatoms. The van der Waals surface area contributed by atoms with Crippen molar-refractivity contribution in [3.05, 3.63) is 66.0 Å². The fraction of sp³-hybridized carbons (Fsp3) is 0.300. The lowest BCUT2D eigenvalue weighted by atomic mass is 9.90. The van der Waals surface area contributed by atoms with Crippen LogP contribution in [0.3, 0.4) is 0 Å². The highest BCUT2D eigenvalue weighted by Crippen LogP contribution is 2.48. The molecule has 3 aliphatic rings. The number of fused-ring (bicyclic) bond motifs is 3. The second-order valence-electron chi connectivity index (χ2n) is 6.99. The topological polar surface area (TPSA) is 43.9 Å². The fourth-order valence-corrected chi connectivity index (χ4v) is 4.60. The van der Waals surface area contributed by atoms with Crippen LogP contribution in [-0.4, -0.2) is 41.0 Å². The van der Waals surface area contributed by atoms with Gasteiger partial charge in [-0.2, -0.15) is 0 Å². The van der Waals surface area contributed by atoms with Gasteiger partial charge < -0.3 is 0 Å². The molecular formula is C20H18FN3O2. The molecule has 0 N–H and O–H groups in total. The molecule has 3 aliphatic heterocycles. The van der Waals surface area contributed by atoms with Crippen molar-refractivity contribution in [2.45, 2.75) is 18.5 Å². The maximum atomic E-state index is 13.4. The van der Waals surface area contributed by atoms with Crippen LogP contribution in [0.15, 0.2) is 54.6 Å². The Labute approximate surface area is 150 Å². The number of nitrogens with zero attached hydrogens (tertiary/aromatic N) is 3. The van der Waals surface area contributed by atoms with Gasteiger partial charge in [-0.25, -0.2) is 19.3 Å². The Morgan fingerprint density at radius 2 is 1.46 bits per heavy atom. The maximum Gasteiger partial charge on any atom is 0.253 e. The molecular weight excluding hydrogens is 333 g/mol. The number of hydrogen-bond acceptors (Lipinski definition) is 4. The molecule has 0 spiro atoms. The van der Waals surface area contributed by atoms with E-state index >= 15 is 0 Å². The van der Waals surface area contributed by atoms with Crippen molar-refractivity contribution in [1.82, 2.24) is 10.0 Å². The van der Waals surface area contributed by atoms with Crippen molar-refractivity contribution < 1.29 is 14.0 Å². The number of imide groups is 1. The Morgan fingerprint density at radius 1 is 0.808 bits per heavy atom. The van der Waals surface area contributed by atoms with E-state index in [0.717, 1.165) is 25.1 Å². The van der Waals surface area contributed by atoms with Gasteiger partial charge in [0, 0.05) is 13.1 Å². The second-order valence-corrected chi connectivity index (χ2v) is 6.99. The molecule has 5 rings (SSSR count). The van der Waals surface area contributed by atoms with E-state index in [9.17, 15) is 14.0 Å². The monoisotopic (exact) mass is 351 g/mol. The van der Waals surface area contributed by atoms with E-state index in [1.165, 1.54) is 17.0 Å². The predicted octanol–water partition coefficient (Wildman–Crippen LogP) is 2.36. The molecule has 0 radical (unpaired) electrons. The van der Waals surface area contributed by atoms with Gasteiger partial charge in [-0.05, 0) is 36.2 Å². The lowest BCUT2D eigenvalue weighted by Gasteiger charge is -2.29. The summed E-state index contributed by atoms with van der Waals surface area (Å²) >= 11 is 0. The molecule has 0 aliphatic carbocycles. The Balaban J connectivity index is 1.59. The van der Waals surface area contributed by atoms with Gasteiger partial charge in [-0.3, -0.25) is 9.59 Å². The molecule has 0 bridgehead atoms. The molecule has 0 saturated carbocycles. The smallest absolute Gasteiger partial charge is 0.253 e. The third-order valence-corrected chi connectivity index (χ3v) is 5.63. The van der Waals surface area contributed by atoms with Crippen LogP contribution in [0.25, 0.3) is 0 Å². The zero-order valence-electron chi connectivity index (χ0n) is 14.1. The van der Waals surface area contributed by atoms with Gasteiger partial charge in [-0.1, -0.05) is 30.3 Å². The maximum absolute atomic E-state index is 13.4. The molecule has 2 amide bonds. The van der Waals surface area contributed by atoms with Crippen molar-refractivity contribution in [3.8, 4) is 0 Å². The summed E-state index contributed by atoms with van der Waals surface area (Å²) < 4.78 is 13.4. The van der Waals surface area contributed by atoms with Crippen LogP contribution in [0.2, 0.25) is 0 Å². The molecule has 3 saturated heterocycles. The van der Waals surface area contributed by atoms with Crippen LogP contribution < -0.4 is 4.90 Å². The van der Waals surface area contributed by atoms with Gasteiger partial charge in [-0.15, -0.1) is 0 Å². The van der Waals surface area contributed by atoms with Gasteiger partial charge in [0.2, 0.25) is 5.91 Å². The predicted molar refractivity (Wildman–Crippen MR) is 93.4 cm³/mol. The first-order chi connectivity index (χ1) is 12.7. The van der Waals surface area contributed by atoms with Gasteiger partial charge >= 0.3 is 0 Å². The summed E-state index contributed by atoms with van der Waals surface area (Å²) in [6, 6.07) is 14.7. The van der Waals surface area contributed by atoms with Crippen molar-refractivity contribution >= 4 is 17.5 Å². The number of anilines is 1. The lowest BCUT2D eigenvalue weighted by Crippen LogP contribution is -2.44. The molecule has 2 aromatic rings. The highest BCUT2D eigenvalue weighted by Gasteiger charge is 2.62. The van der Waals surface area contributed by atoms with E-state index in [2.05, 4.69) is 5.01 Å². The van der Waals surface area contributed by atoms with Crippen molar-refractivity contribution in [2.24, 2.45) is 5.92 Å². The summed E-state index contributed by atoms with van der Waals surface area (Å²) in [5.74, 6) is -1.10. The van der Waals surface area contributed by atoms with Gasteiger partial charge in [0.1, 0.15) is 11.9 Å². The van der Waals surface area contributed by atoms with Crippen LogP contribution in [0.4, 0.5) is 10.1 Å². The van der Waals surface area contributed by atoms with Crippen LogP contribution in [0.1, 0.15) is 18.0 Å². The van der Waals surface area contributed by atoms with E-state index in [0.29, 0.717) is 5.69 Å². The van der Waals surface area contributed by atoms with E-state index < -0.39 is 12.0 Å². The normalized spacial score (nSPS) is 28.7. The average Bonchev–Trinajstić information content (AvgIpc) is 3.29. The minimum Gasteiger partial charge on any atom is -0.274 e. The standard InChI is InChI=1S/C20H18FN3O2/c21-14-9-7-13(8-10-14)17-16-18(23-12-4-11-22(17)23)20(26)24(19(16)25)15-5-2-1-3-6-15/h1-3,5-10,16-18H,4,11-12H2/t16-,17+,18-/m1/s1. The number of rotatable bonds is 2. The van der Waals surface area contributed by atoms with E-state index in [-0.39, 0.29) is 23.7 Å². The summed E-state index contributed by atoms with van der Waals surface area (Å²) in [6.45, 7) is 1.57. The Morgan fingerprint density at radius 3 is 2.15 bits per heavy atom. The summed E-state index contributed by atoms with van der Waals surface area (Å²) in [6.07, 6.45) is 0.952. The van der Waals surface area contributed by atoms with Crippen LogP contribution in [-0.2, 0) is 9.59 Å². The number of para-hydroxylation sites is 1. The molecule has 5 nitrogen and oxygen atoms in total. The number of hydrazine groups is 1. The van der Waals surface area contributed by atoms with Crippen LogP contribution >= 0.6 is 0 Å². The number of benzene rings is 2. The largest absolute Gasteiger partial charge is 0.274 e. The average molecular weight is 351 g/mol. The zero-order chi connectivity index (χ0) is 17.8. The molecule has 132 valence electrons. The third-order valence-electron chi connectivity index (χ3n) is 5.63. The fourth-order valence-electron chi connectivity index (χ4n) is 4.60. The first-order valence-corrected chi connectivity index (χ1v) is 8.88. The van der Waals surface area contributed by atoms with Crippen LogP contribution in [0, 0.1) is 11.7 Å². The van der Waals surface area contributed by atoms with E-state index in [1.807, 2.05) is 23.2 Å². The van der Waals surface area contributed by atoms with Gasteiger partial charge in [0.05, 0.1) is 17.6 Å². The van der Waals surface area contributed by atoms with E-state index in [4.69, 9.17) is 0 Å². The number of halogens is 1. The van der Waals surface area contributed by atoms with E-state index in [1.54, 1.807) is 24.3 Å². The summed E-state index contributed by atoms with van der Waals surface area (Å²) in [4.78, 5) is 27.7. The van der Waals surface area contributed by atoms with Crippen LogP contribution in [0.5, 0.6) is 0 Å². The quantitative estimate of drug-likeness (QED) is 0.779. The number of hydrogen-bond donors (Lipinski definition) is 0. The van der Waals surface area contributed by atoms with Gasteiger partial charge in [0.15, 0.2) is 0 Å². The first-order valence-electron chi connectivity index (χ1n) is 8.88. The highest BCUT2D eigenvalue weighted by atomic mass is 19.1. The number of amides is 2. The minimum absolute atomic E-state index is 0.164. The molecule has 3 fully saturated rings. The molecule has 3 atom stereocenters. The Bertz CT molecular complexity index is 870. The minimum atomic E-state index is -0.472. The Hall–Kier alpha value is -2.57. The zero-order valence-corrected chi connectivity index (χ0v) is 14.1. The van der Waals surface area contributed by atoms with Crippen molar-refractivity contribution in [2.75, 3.05) is 18.0 Å². The number of carbonyl (C=O) groups is 2. The molecule has 0 aromatic heterocycles. The second kappa shape index (κ2) is 5.72. The van der Waals surface area contributed by atoms with Gasteiger partial charge in [0.25, 0.3) is 5.91 Å². The van der Waals surface area contributed by atoms with Crippen molar-refractivity contribution in [3.63, 3.8) is 0 Å². The third kappa shape index (κ3) is 2.09. The number of carbonyl (C=O) groups excluding carboxylic acids is 2. The Kier molecular flexibility index (Phi) is 3.45. The molecule has 26 heavy (non-hydrogen) atoms. The molecule has 2 aromatic carbocycles. The molecule has 3 heterocycles. The SMILES string of the molecule is O=C1[C@H]2[C@H](C(=O)N1c1ccccc1)N1CCCN1[C@H]2c1ccc(F)cc1. The highest BCUT2D eigenvalue weighted by molar-refractivity contribution is 6.24. The molecule has 0 unspecified atom stereocenters. The summed E-state index contributed by atoms with van der Waals surface area (Å²) in [7, 11) is 0. The summed E-state index contributed by atoms with van der Waals surface area (Å²) in [5, 5.41) is 4.17. The first kappa shape index (κ1) is 15.7.